The number of halogens is 3. The van der Waals surface area contributed by atoms with Gasteiger partial charge in [-0.1, -0.05) is 6.07 Å². The number of benzene rings is 1. The lowest BCUT2D eigenvalue weighted by Gasteiger charge is -2.40. The number of hydrogen-bond donors (Lipinski definition) is 1. The van der Waals surface area contributed by atoms with Crippen LogP contribution in [0.25, 0.3) is 0 Å². The van der Waals surface area contributed by atoms with Crippen molar-refractivity contribution in [3.05, 3.63) is 29.3 Å². The number of methoxy groups -OCH3 is 2. The number of nitrogens with one attached hydrogen (secondary N) is 1. The Balaban J connectivity index is 1.92. The lowest BCUT2D eigenvalue weighted by atomic mass is 9.79. The minimum absolute atomic E-state index is 0.0844. The summed E-state index contributed by atoms with van der Waals surface area (Å²) in [7, 11) is 3.01. The zero-order valence-corrected chi connectivity index (χ0v) is 17.1. The van der Waals surface area contributed by atoms with E-state index in [1.54, 1.807) is 13.2 Å². The summed E-state index contributed by atoms with van der Waals surface area (Å²) in [4.78, 5) is 14.1. The molecule has 2 saturated heterocycles. The van der Waals surface area contributed by atoms with Crippen LogP contribution in [0, 0.1) is 11.3 Å². The predicted molar refractivity (Wildman–Crippen MR) is 104 cm³/mol. The molecule has 0 spiro atoms. The lowest BCUT2D eigenvalue weighted by molar-refractivity contribution is -0.153. The summed E-state index contributed by atoms with van der Waals surface area (Å²) in [5.41, 5.74) is 0.278. The second-order valence-corrected chi connectivity index (χ2v) is 8.29. The van der Waals surface area contributed by atoms with Gasteiger partial charge in [-0.25, -0.2) is 0 Å². The highest BCUT2D eigenvalue weighted by atomic mass is 19.4. The molecule has 0 aliphatic carbocycles. The number of esters is 1. The van der Waals surface area contributed by atoms with E-state index in [0.29, 0.717) is 44.8 Å². The molecule has 0 radical (unpaired) electrons. The van der Waals surface area contributed by atoms with Gasteiger partial charge in [0.1, 0.15) is 0 Å². The van der Waals surface area contributed by atoms with Crippen LogP contribution in [0.15, 0.2) is 18.2 Å². The zero-order valence-electron chi connectivity index (χ0n) is 17.1. The van der Waals surface area contributed by atoms with Crippen LogP contribution in [0.5, 0.6) is 0 Å². The molecule has 0 saturated carbocycles. The van der Waals surface area contributed by atoms with Crippen LogP contribution in [0.3, 0.4) is 0 Å². The van der Waals surface area contributed by atoms with Gasteiger partial charge in [-0.15, -0.1) is 0 Å². The van der Waals surface area contributed by atoms with E-state index in [0.717, 1.165) is 12.1 Å². The lowest BCUT2D eigenvalue weighted by Crippen LogP contribution is -2.43. The van der Waals surface area contributed by atoms with E-state index in [9.17, 15) is 18.0 Å². The first-order chi connectivity index (χ1) is 13.7. The average Bonchev–Trinajstić information content (AvgIpc) is 3.15. The number of hydrogen-bond acceptors (Lipinski definition) is 5. The Labute approximate surface area is 169 Å². The molecule has 1 aromatic carbocycles. The first kappa shape index (κ1) is 21.9. The number of ether oxygens (including phenoxy) is 2. The van der Waals surface area contributed by atoms with E-state index in [4.69, 9.17) is 9.47 Å². The third kappa shape index (κ3) is 4.53. The van der Waals surface area contributed by atoms with E-state index in [1.165, 1.54) is 19.2 Å². The molecule has 2 atom stereocenters. The molecule has 1 aromatic rings. The molecular weight excluding hydrogens is 385 g/mol. The SMILES string of the molecule is COC[C@H]1CNC[C@@H]1c1ccc(C(F)(F)F)cc1N1CCC(C)(C(=O)OC)CC1. The Morgan fingerprint density at radius 1 is 1.24 bits per heavy atom. The third-order valence-corrected chi connectivity index (χ3v) is 6.36. The van der Waals surface area contributed by atoms with Crippen molar-refractivity contribution in [2.75, 3.05) is 51.9 Å². The van der Waals surface area contributed by atoms with Gasteiger partial charge in [0.2, 0.25) is 0 Å². The average molecular weight is 414 g/mol. The quantitative estimate of drug-likeness (QED) is 0.749. The topological polar surface area (TPSA) is 50.8 Å². The Bertz CT molecular complexity index is 730. The van der Waals surface area contributed by atoms with E-state index >= 15 is 0 Å². The molecule has 3 rings (SSSR count). The maximum atomic E-state index is 13.4. The summed E-state index contributed by atoms with van der Waals surface area (Å²) in [5.74, 6) is 0.0309. The molecule has 0 unspecified atom stereocenters. The highest BCUT2D eigenvalue weighted by Crippen LogP contribution is 2.42. The first-order valence-corrected chi connectivity index (χ1v) is 9.94. The molecule has 2 aliphatic rings. The molecular formula is C21H29F3N2O3. The van der Waals surface area contributed by atoms with Gasteiger partial charge in [-0.2, -0.15) is 13.2 Å². The smallest absolute Gasteiger partial charge is 0.416 e. The molecule has 29 heavy (non-hydrogen) atoms. The summed E-state index contributed by atoms with van der Waals surface area (Å²) in [6, 6.07) is 4.05. The van der Waals surface area contributed by atoms with Gasteiger partial charge in [0, 0.05) is 50.8 Å². The van der Waals surface area contributed by atoms with Crippen molar-refractivity contribution >= 4 is 11.7 Å². The van der Waals surface area contributed by atoms with Crippen LogP contribution >= 0.6 is 0 Å². The number of anilines is 1. The predicted octanol–water partition coefficient (Wildman–Crippen LogP) is 3.43. The maximum Gasteiger partial charge on any atom is 0.416 e. The Morgan fingerprint density at radius 2 is 1.93 bits per heavy atom. The van der Waals surface area contributed by atoms with Gasteiger partial charge in [0.05, 0.1) is 24.7 Å². The second-order valence-electron chi connectivity index (χ2n) is 8.29. The number of carbonyl (C=O) groups is 1. The van der Waals surface area contributed by atoms with E-state index in [-0.39, 0.29) is 17.8 Å². The van der Waals surface area contributed by atoms with E-state index in [2.05, 4.69) is 5.32 Å². The van der Waals surface area contributed by atoms with Gasteiger partial charge < -0.3 is 19.7 Å². The van der Waals surface area contributed by atoms with Gasteiger partial charge in [-0.3, -0.25) is 4.79 Å². The highest BCUT2D eigenvalue weighted by molar-refractivity contribution is 5.76. The molecule has 0 bridgehead atoms. The van der Waals surface area contributed by atoms with Crippen molar-refractivity contribution in [3.8, 4) is 0 Å². The molecule has 2 fully saturated rings. The van der Waals surface area contributed by atoms with Crippen molar-refractivity contribution in [2.24, 2.45) is 11.3 Å². The van der Waals surface area contributed by atoms with E-state index in [1.807, 2.05) is 11.8 Å². The summed E-state index contributed by atoms with van der Waals surface area (Å²) in [6.45, 7) is 4.92. The Kier molecular flexibility index (Phi) is 6.43. The van der Waals surface area contributed by atoms with Crippen LogP contribution in [-0.4, -0.2) is 53.0 Å². The summed E-state index contributed by atoms with van der Waals surface area (Å²) >= 11 is 0. The minimum atomic E-state index is -4.40. The molecule has 2 heterocycles. The van der Waals surface area contributed by atoms with Crippen molar-refractivity contribution < 1.29 is 27.4 Å². The molecule has 0 amide bonds. The fourth-order valence-corrected chi connectivity index (χ4v) is 4.49. The molecule has 2 aliphatic heterocycles. The maximum absolute atomic E-state index is 13.4. The second kappa shape index (κ2) is 8.52. The molecule has 0 aromatic heterocycles. The van der Waals surface area contributed by atoms with Crippen LogP contribution in [-0.2, 0) is 20.4 Å². The van der Waals surface area contributed by atoms with Crippen LogP contribution in [0.2, 0.25) is 0 Å². The molecule has 8 heteroatoms. The van der Waals surface area contributed by atoms with E-state index < -0.39 is 17.2 Å². The minimum Gasteiger partial charge on any atom is -0.469 e. The standard InChI is InChI=1S/C21H29F3N2O3/c1-20(19(27)29-3)6-8-26(9-7-20)18-10-15(21(22,23)24)4-5-16(18)17-12-25-11-14(17)13-28-2/h4-5,10,14,17,25H,6-9,11-13H2,1-3H3/t14-,17+/m1/s1. The number of nitrogens with zero attached hydrogens (tertiary/aromatic N) is 1. The van der Waals surface area contributed by atoms with Gasteiger partial charge >= 0.3 is 12.1 Å². The largest absolute Gasteiger partial charge is 0.469 e. The van der Waals surface area contributed by atoms with Crippen molar-refractivity contribution in [1.82, 2.24) is 5.32 Å². The van der Waals surface area contributed by atoms with Crippen molar-refractivity contribution in [2.45, 2.75) is 31.9 Å². The number of rotatable bonds is 5. The van der Waals surface area contributed by atoms with Crippen LogP contribution in [0.1, 0.15) is 36.8 Å². The normalized spacial score (nSPS) is 24.6. The van der Waals surface area contributed by atoms with Gasteiger partial charge in [0.15, 0.2) is 0 Å². The number of alkyl halides is 3. The number of carbonyl (C=O) groups excluding carboxylic acids is 1. The van der Waals surface area contributed by atoms with Crippen LogP contribution < -0.4 is 10.2 Å². The Hall–Kier alpha value is -1.80. The summed E-state index contributed by atoms with van der Waals surface area (Å²) < 4.78 is 50.4. The molecule has 5 nitrogen and oxygen atoms in total. The van der Waals surface area contributed by atoms with Crippen LogP contribution in [0.4, 0.5) is 18.9 Å². The Morgan fingerprint density at radius 3 is 2.52 bits per heavy atom. The number of piperidine rings is 1. The summed E-state index contributed by atoms with van der Waals surface area (Å²) in [6.07, 6.45) is -3.32. The highest BCUT2D eigenvalue weighted by Gasteiger charge is 2.40. The van der Waals surface area contributed by atoms with Gasteiger partial charge in [0.25, 0.3) is 0 Å². The zero-order chi connectivity index (χ0) is 21.2. The third-order valence-electron chi connectivity index (χ3n) is 6.36. The monoisotopic (exact) mass is 414 g/mol. The summed E-state index contributed by atoms with van der Waals surface area (Å²) in [5, 5.41) is 3.33. The molecule has 162 valence electrons. The van der Waals surface area contributed by atoms with Gasteiger partial charge in [-0.05, 0) is 37.5 Å². The van der Waals surface area contributed by atoms with Crippen molar-refractivity contribution in [1.29, 1.82) is 0 Å². The fraction of sp³-hybridized carbons (Fsp3) is 0.667. The first-order valence-electron chi connectivity index (χ1n) is 9.94. The molecule has 1 N–H and O–H groups in total. The van der Waals surface area contributed by atoms with Crippen molar-refractivity contribution in [3.63, 3.8) is 0 Å². The fourth-order valence-electron chi connectivity index (χ4n) is 4.49.